The van der Waals surface area contributed by atoms with Gasteiger partial charge in [0.15, 0.2) is 0 Å². The molecule has 1 atom stereocenters. The minimum atomic E-state index is -4.97. The minimum absolute atomic E-state index is 0.0265. The highest BCUT2D eigenvalue weighted by Gasteiger charge is 2.38. The second-order valence-corrected chi connectivity index (χ2v) is 5.55. The van der Waals surface area contributed by atoms with E-state index in [1.165, 1.54) is 16.7 Å². The van der Waals surface area contributed by atoms with Crippen LogP contribution >= 0.6 is 11.6 Å². The Labute approximate surface area is 130 Å². The van der Waals surface area contributed by atoms with E-state index < -0.39 is 12.1 Å². The van der Waals surface area contributed by atoms with E-state index in [0.29, 0.717) is 19.5 Å². The second kappa shape index (κ2) is 6.66. The molecule has 22 heavy (non-hydrogen) atoms. The average Bonchev–Trinajstić information content (AvgIpc) is 2.44. The summed E-state index contributed by atoms with van der Waals surface area (Å²) in [7, 11) is 1.87. The number of carbonyl (C=O) groups is 1. The molecule has 120 valence electrons. The van der Waals surface area contributed by atoms with E-state index in [4.69, 9.17) is 11.6 Å². The van der Waals surface area contributed by atoms with Gasteiger partial charge < -0.3 is 4.57 Å². The van der Waals surface area contributed by atoms with Crippen molar-refractivity contribution in [2.45, 2.75) is 24.6 Å². The average molecular weight is 334 g/mol. The lowest BCUT2D eigenvalue weighted by Crippen LogP contribution is -2.34. The van der Waals surface area contributed by atoms with Gasteiger partial charge in [0.05, 0.1) is 5.50 Å². The van der Waals surface area contributed by atoms with Gasteiger partial charge in [-0.25, -0.2) is 0 Å². The molecule has 8 heteroatoms. The Balaban J connectivity index is 2.27. The number of aromatic nitrogens is 1. The van der Waals surface area contributed by atoms with Crippen LogP contribution in [-0.4, -0.2) is 40.6 Å². The first-order valence-corrected chi connectivity index (χ1v) is 7.04. The predicted molar refractivity (Wildman–Crippen MR) is 76.0 cm³/mol. The molecule has 0 radical (unpaired) electrons. The van der Waals surface area contributed by atoms with Crippen molar-refractivity contribution in [1.29, 1.82) is 0 Å². The zero-order chi connectivity index (χ0) is 16.3. The molecule has 0 aliphatic carbocycles. The smallest absolute Gasteiger partial charge is 0.329 e. The van der Waals surface area contributed by atoms with Crippen molar-refractivity contribution in [2.24, 2.45) is 4.99 Å². The van der Waals surface area contributed by atoms with E-state index in [2.05, 4.69) is 4.99 Å². The highest BCUT2D eigenvalue weighted by Crippen LogP contribution is 2.18. The Morgan fingerprint density at radius 1 is 1.45 bits per heavy atom. The van der Waals surface area contributed by atoms with Gasteiger partial charge >= 0.3 is 12.1 Å². The van der Waals surface area contributed by atoms with Gasteiger partial charge in [-0.3, -0.25) is 9.69 Å². The van der Waals surface area contributed by atoms with Gasteiger partial charge in [0.25, 0.3) is 0 Å². The van der Waals surface area contributed by atoms with Crippen LogP contribution in [0.25, 0.3) is 0 Å². The van der Waals surface area contributed by atoms with Crippen LogP contribution in [0, 0.1) is 0 Å². The van der Waals surface area contributed by atoms with Crippen molar-refractivity contribution in [1.82, 2.24) is 9.47 Å². The van der Waals surface area contributed by atoms with Crippen LogP contribution in [0.2, 0.25) is 0 Å². The lowest BCUT2D eigenvalue weighted by molar-refractivity contribution is -0.169. The fraction of sp³-hybridized carbons (Fsp3) is 0.429. The standard InChI is InChI=1S/C14H15ClF3N3O/c1-20-8-10(5-6-11(20)15)9-21-7-3-2-4-12(21)19-13(22)14(16,17)18/h2-5,7,11H,6,8-9H2,1H3. The fourth-order valence-electron chi connectivity index (χ4n) is 2.13. The topological polar surface area (TPSA) is 37.6 Å². The number of halogens is 4. The number of hydrogen-bond donors (Lipinski definition) is 0. The monoisotopic (exact) mass is 333 g/mol. The Morgan fingerprint density at radius 3 is 2.82 bits per heavy atom. The van der Waals surface area contributed by atoms with Crippen molar-refractivity contribution in [3.05, 3.63) is 41.5 Å². The first-order valence-electron chi connectivity index (χ1n) is 6.61. The summed E-state index contributed by atoms with van der Waals surface area (Å²) in [6, 6.07) is 4.59. The molecule has 0 aromatic carbocycles. The normalized spacial score (nSPS) is 20.9. The quantitative estimate of drug-likeness (QED) is 0.473. The number of rotatable bonds is 2. The number of amides is 1. The molecule has 1 aliphatic heterocycles. The van der Waals surface area contributed by atoms with Gasteiger partial charge in [-0.05, 0) is 31.2 Å². The largest absolute Gasteiger partial charge is 0.473 e. The van der Waals surface area contributed by atoms with E-state index in [-0.39, 0.29) is 11.0 Å². The summed E-state index contributed by atoms with van der Waals surface area (Å²) >= 11 is 6.07. The molecular formula is C14H15ClF3N3O. The Kier molecular flexibility index (Phi) is 5.08. The third-order valence-corrected chi connectivity index (χ3v) is 3.79. The van der Waals surface area contributed by atoms with Crippen LogP contribution in [-0.2, 0) is 11.3 Å². The molecule has 1 amide bonds. The molecule has 2 heterocycles. The first-order chi connectivity index (χ1) is 10.3. The number of hydrogen-bond acceptors (Lipinski definition) is 2. The van der Waals surface area contributed by atoms with E-state index >= 15 is 0 Å². The van der Waals surface area contributed by atoms with Gasteiger partial charge in [0.2, 0.25) is 0 Å². The molecule has 0 saturated carbocycles. The molecule has 4 nitrogen and oxygen atoms in total. The number of nitrogens with zero attached hydrogens (tertiary/aromatic N) is 3. The maximum atomic E-state index is 12.3. The third kappa shape index (κ3) is 4.20. The van der Waals surface area contributed by atoms with E-state index in [1.54, 1.807) is 12.3 Å². The number of likely N-dealkylation sites (N-methyl/N-ethyl adjacent to an activating group) is 1. The summed E-state index contributed by atoms with van der Waals surface area (Å²) in [6.45, 7) is 0.974. The molecule has 0 saturated heterocycles. The maximum absolute atomic E-state index is 12.3. The molecule has 0 fully saturated rings. The minimum Gasteiger partial charge on any atom is -0.329 e. The number of alkyl halides is 4. The van der Waals surface area contributed by atoms with Crippen molar-refractivity contribution < 1.29 is 18.0 Å². The highest BCUT2D eigenvalue weighted by molar-refractivity contribution is 6.20. The van der Waals surface area contributed by atoms with Crippen molar-refractivity contribution in [3.8, 4) is 0 Å². The van der Waals surface area contributed by atoms with E-state index in [0.717, 1.165) is 5.57 Å². The predicted octanol–water partition coefficient (Wildman–Crippen LogP) is 2.30. The Morgan fingerprint density at radius 2 is 2.18 bits per heavy atom. The SMILES string of the molecule is CN1CC(Cn2ccccc2=NC(=O)C(F)(F)F)=CCC1Cl. The number of carbonyl (C=O) groups excluding carboxylic acids is 1. The molecule has 0 bridgehead atoms. The van der Waals surface area contributed by atoms with Crippen molar-refractivity contribution in [2.75, 3.05) is 13.6 Å². The molecule has 1 aliphatic rings. The lowest BCUT2D eigenvalue weighted by atomic mass is 10.1. The van der Waals surface area contributed by atoms with Gasteiger partial charge in [-0.2, -0.15) is 18.2 Å². The molecule has 1 aromatic rings. The van der Waals surface area contributed by atoms with Crippen molar-refractivity contribution >= 4 is 17.5 Å². The second-order valence-electron chi connectivity index (χ2n) is 5.05. The van der Waals surface area contributed by atoms with Gasteiger partial charge in [0.1, 0.15) is 5.49 Å². The summed E-state index contributed by atoms with van der Waals surface area (Å²) in [5.41, 5.74) is 0.897. The first kappa shape index (κ1) is 16.8. The van der Waals surface area contributed by atoms with Crippen molar-refractivity contribution in [3.63, 3.8) is 0 Å². The summed E-state index contributed by atoms with van der Waals surface area (Å²) in [5.74, 6) is -2.11. The van der Waals surface area contributed by atoms with Crippen LogP contribution in [0.15, 0.2) is 41.0 Å². The summed E-state index contributed by atoms with van der Waals surface area (Å²) < 4.78 is 38.5. The van der Waals surface area contributed by atoms with Crippen LogP contribution in [0.5, 0.6) is 0 Å². The van der Waals surface area contributed by atoms with Gasteiger partial charge in [0, 0.05) is 19.3 Å². The highest BCUT2D eigenvalue weighted by atomic mass is 35.5. The fourth-order valence-corrected chi connectivity index (χ4v) is 2.29. The zero-order valence-electron chi connectivity index (χ0n) is 11.8. The van der Waals surface area contributed by atoms with Crippen LogP contribution < -0.4 is 5.49 Å². The van der Waals surface area contributed by atoms with Crippen LogP contribution in [0.4, 0.5) is 13.2 Å². The maximum Gasteiger partial charge on any atom is 0.473 e. The van der Waals surface area contributed by atoms with E-state index in [1.807, 2.05) is 18.0 Å². The summed E-state index contributed by atoms with van der Waals surface area (Å²) in [5, 5.41) is 0. The molecule has 0 N–H and O–H groups in total. The molecule has 1 unspecified atom stereocenters. The van der Waals surface area contributed by atoms with E-state index in [9.17, 15) is 18.0 Å². The molecule has 1 aromatic heterocycles. The van der Waals surface area contributed by atoms with Gasteiger partial charge in [-0.15, -0.1) is 11.6 Å². The molecule has 2 rings (SSSR count). The Bertz CT molecular complexity index is 651. The third-order valence-electron chi connectivity index (χ3n) is 3.28. The molecular weight excluding hydrogens is 319 g/mol. The lowest BCUT2D eigenvalue weighted by Gasteiger charge is -2.28. The van der Waals surface area contributed by atoms with Crippen LogP contribution in [0.3, 0.4) is 0 Å². The number of pyridine rings is 1. The Hall–Kier alpha value is -1.60. The summed E-state index contributed by atoms with van der Waals surface area (Å²) in [6.07, 6.45) is -0.748. The zero-order valence-corrected chi connectivity index (χ0v) is 12.6. The van der Waals surface area contributed by atoms with Gasteiger partial charge in [-0.1, -0.05) is 12.1 Å². The molecule has 0 spiro atoms. The summed E-state index contributed by atoms with van der Waals surface area (Å²) in [4.78, 5) is 16.1. The van der Waals surface area contributed by atoms with Crippen LogP contribution in [0.1, 0.15) is 6.42 Å².